The zero-order chi connectivity index (χ0) is 16.0. The maximum atomic E-state index is 11.9. The van der Waals surface area contributed by atoms with Crippen LogP contribution in [-0.2, 0) is 16.4 Å². The van der Waals surface area contributed by atoms with Crippen LogP contribution in [0.1, 0.15) is 17.2 Å². The van der Waals surface area contributed by atoms with Crippen molar-refractivity contribution in [3.8, 4) is 6.07 Å². The first-order chi connectivity index (χ1) is 10.5. The highest BCUT2D eigenvalue weighted by Crippen LogP contribution is 2.24. The van der Waals surface area contributed by atoms with Crippen molar-refractivity contribution in [2.45, 2.75) is 12.5 Å². The summed E-state index contributed by atoms with van der Waals surface area (Å²) < 4.78 is 26.4. The lowest BCUT2D eigenvalue weighted by molar-refractivity contribution is 0.558. The van der Waals surface area contributed by atoms with E-state index in [1.807, 2.05) is 48.5 Å². The third-order valence-corrected chi connectivity index (χ3v) is 4.68. The van der Waals surface area contributed by atoms with Crippen molar-refractivity contribution in [3.05, 3.63) is 70.7 Å². The molecule has 0 saturated carbocycles. The van der Waals surface area contributed by atoms with Crippen LogP contribution in [0.25, 0.3) is 0 Å². The lowest BCUT2D eigenvalue weighted by atomic mass is 10.00. The second-order valence-electron chi connectivity index (χ2n) is 4.79. The predicted octanol–water partition coefficient (Wildman–Crippen LogP) is 3.07. The van der Waals surface area contributed by atoms with Crippen LogP contribution in [-0.4, -0.2) is 14.2 Å². The van der Waals surface area contributed by atoms with Crippen LogP contribution in [0, 0.1) is 11.3 Å². The summed E-state index contributed by atoms with van der Waals surface area (Å²) in [6.45, 7) is 0. The Morgan fingerprint density at radius 1 is 1.09 bits per heavy atom. The number of nitrogens with one attached hydrogen (secondary N) is 1. The zero-order valence-electron chi connectivity index (χ0n) is 11.7. The molecule has 6 heteroatoms. The van der Waals surface area contributed by atoms with Gasteiger partial charge < -0.3 is 0 Å². The summed E-state index contributed by atoms with van der Waals surface area (Å²) in [5.41, 5.74) is 1.67. The van der Waals surface area contributed by atoms with Crippen LogP contribution < -0.4 is 4.72 Å². The van der Waals surface area contributed by atoms with Gasteiger partial charge in [-0.1, -0.05) is 60.1 Å². The standard InChI is InChI=1S/C16H15ClN2O2S/c17-15-9-5-4-8-14(15)12-16(13-6-2-1-3-7-13)19-22(20,21)11-10-18/h1-9,16,19H,11-12H2. The summed E-state index contributed by atoms with van der Waals surface area (Å²) >= 11 is 6.16. The fourth-order valence-corrected chi connectivity index (χ4v) is 3.26. The van der Waals surface area contributed by atoms with Crippen molar-refractivity contribution in [3.63, 3.8) is 0 Å². The van der Waals surface area contributed by atoms with Crippen LogP contribution >= 0.6 is 11.6 Å². The average Bonchev–Trinajstić information content (AvgIpc) is 2.49. The molecule has 0 radical (unpaired) electrons. The minimum absolute atomic E-state index is 0.411. The largest absolute Gasteiger partial charge is 0.225 e. The summed E-state index contributed by atoms with van der Waals surface area (Å²) in [5, 5.41) is 9.21. The Hall–Kier alpha value is -1.87. The molecule has 0 aliphatic carbocycles. The van der Waals surface area contributed by atoms with E-state index in [9.17, 15) is 8.42 Å². The number of hydrogen-bond acceptors (Lipinski definition) is 3. The minimum atomic E-state index is -3.67. The molecule has 0 saturated heterocycles. The Bertz CT molecular complexity index is 770. The van der Waals surface area contributed by atoms with Gasteiger partial charge in [0.15, 0.2) is 5.75 Å². The number of nitriles is 1. The fourth-order valence-electron chi connectivity index (χ4n) is 2.14. The first-order valence-electron chi connectivity index (χ1n) is 6.67. The molecule has 0 fully saturated rings. The molecular formula is C16H15ClN2O2S. The van der Waals surface area contributed by atoms with Gasteiger partial charge in [0.05, 0.1) is 12.1 Å². The van der Waals surface area contributed by atoms with Crippen molar-refractivity contribution in [1.82, 2.24) is 4.72 Å². The number of halogens is 1. The normalized spacial score (nSPS) is 12.5. The summed E-state index contributed by atoms with van der Waals surface area (Å²) in [6, 6.07) is 17.7. The Labute approximate surface area is 135 Å². The molecule has 2 aromatic rings. The molecule has 1 unspecified atom stereocenters. The summed E-state index contributed by atoms with van der Waals surface area (Å²) in [7, 11) is -3.67. The second kappa shape index (κ2) is 7.41. The number of rotatable bonds is 6. The SMILES string of the molecule is N#CCS(=O)(=O)NC(Cc1ccccc1Cl)c1ccccc1. The van der Waals surface area contributed by atoms with Gasteiger partial charge in [0.25, 0.3) is 0 Å². The Morgan fingerprint density at radius 2 is 1.73 bits per heavy atom. The van der Waals surface area contributed by atoms with Crippen molar-refractivity contribution in [1.29, 1.82) is 5.26 Å². The molecule has 2 rings (SSSR count). The highest BCUT2D eigenvalue weighted by Gasteiger charge is 2.20. The van der Waals surface area contributed by atoms with E-state index in [0.717, 1.165) is 11.1 Å². The van der Waals surface area contributed by atoms with Gasteiger partial charge in [-0.15, -0.1) is 0 Å². The van der Waals surface area contributed by atoms with Gasteiger partial charge in [0.2, 0.25) is 10.0 Å². The van der Waals surface area contributed by atoms with Crippen LogP contribution in [0.3, 0.4) is 0 Å². The van der Waals surface area contributed by atoms with E-state index in [1.165, 1.54) is 0 Å². The highest BCUT2D eigenvalue weighted by molar-refractivity contribution is 7.89. The van der Waals surface area contributed by atoms with Crippen molar-refractivity contribution >= 4 is 21.6 Å². The molecule has 114 valence electrons. The topological polar surface area (TPSA) is 70.0 Å². The summed E-state index contributed by atoms with van der Waals surface area (Å²) in [4.78, 5) is 0. The fraction of sp³-hybridized carbons (Fsp3) is 0.188. The van der Waals surface area contributed by atoms with Crippen LogP contribution in [0.4, 0.5) is 0 Å². The van der Waals surface area contributed by atoms with Gasteiger partial charge in [-0.3, -0.25) is 0 Å². The van der Waals surface area contributed by atoms with Gasteiger partial charge in [0.1, 0.15) is 0 Å². The number of benzene rings is 2. The molecule has 1 N–H and O–H groups in total. The number of sulfonamides is 1. The molecule has 4 nitrogen and oxygen atoms in total. The van der Waals surface area contributed by atoms with E-state index in [1.54, 1.807) is 12.1 Å². The van der Waals surface area contributed by atoms with Crippen molar-refractivity contribution in [2.75, 3.05) is 5.75 Å². The number of hydrogen-bond donors (Lipinski definition) is 1. The first kappa shape index (κ1) is 16.5. The first-order valence-corrected chi connectivity index (χ1v) is 8.70. The van der Waals surface area contributed by atoms with E-state index in [2.05, 4.69) is 4.72 Å². The van der Waals surface area contributed by atoms with Gasteiger partial charge in [-0.2, -0.15) is 5.26 Å². The molecule has 0 amide bonds. The maximum absolute atomic E-state index is 11.9. The molecule has 0 spiro atoms. The molecule has 0 aliphatic rings. The van der Waals surface area contributed by atoms with Gasteiger partial charge in [0, 0.05) is 5.02 Å². The summed E-state index contributed by atoms with van der Waals surface area (Å²) in [5.74, 6) is -0.571. The summed E-state index contributed by atoms with van der Waals surface area (Å²) in [6.07, 6.45) is 0.411. The molecule has 0 bridgehead atoms. The van der Waals surface area contributed by atoms with Gasteiger partial charge in [-0.05, 0) is 23.6 Å². The Morgan fingerprint density at radius 3 is 2.36 bits per heavy atom. The molecule has 2 aromatic carbocycles. The van der Waals surface area contributed by atoms with E-state index < -0.39 is 21.8 Å². The van der Waals surface area contributed by atoms with E-state index in [-0.39, 0.29) is 0 Å². The maximum Gasteiger partial charge on any atom is 0.225 e. The molecular weight excluding hydrogens is 320 g/mol. The third-order valence-electron chi connectivity index (χ3n) is 3.16. The zero-order valence-corrected chi connectivity index (χ0v) is 13.3. The monoisotopic (exact) mass is 334 g/mol. The van der Waals surface area contributed by atoms with Crippen LogP contribution in [0.5, 0.6) is 0 Å². The van der Waals surface area contributed by atoms with E-state index in [0.29, 0.717) is 11.4 Å². The average molecular weight is 335 g/mol. The quantitative estimate of drug-likeness (QED) is 0.882. The Balaban J connectivity index is 2.31. The molecule has 0 aliphatic heterocycles. The smallest absolute Gasteiger partial charge is 0.211 e. The van der Waals surface area contributed by atoms with Crippen LogP contribution in [0.15, 0.2) is 54.6 Å². The third kappa shape index (κ3) is 4.57. The predicted molar refractivity (Wildman–Crippen MR) is 86.9 cm³/mol. The minimum Gasteiger partial charge on any atom is -0.211 e. The van der Waals surface area contributed by atoms with E-state index in [4.69, 9.17) is 16.9 Å². The van der Waals surface area contributed by atoms with Gasteiger partial charge in [-0.25, -0.2) is 13.1 Å². The molecule has 22 heavy (non-hydrogen) atoms. The number of nitrogens with zero attached hydrogens (tertiary/aromatic N) is 1. The van der Waals surface area contributed by atoms with Gasteiger partial charge >= 0.3 is 0 Å². The van der Waals surface area contributed by atoms with Crippen LogP contribution in [0.2, 0.25) is 5.02 Å². The molecule has 0 aromatic heterocycles. The second-order valence-corrected chi connectivity index (χ2v) is 6.95. The van der Waals surface area contributed by atoms with Crippen molar-refractivity contribution in [2.24, 2.45) is 0 Å². The van der Waals surface area contributed by atoms with E-state index >= 15 is 0 Å². The lowest BCUT2D eigenvalue weighted by Gasteiger charge is -2.19. The highest BCUT2D eigenvalue weighted by atomic mass is 35.5. The lowest BCUT2D eigenvalue weighted by Crippen LogP contribution is -2.31. The van der Waals surface area contributed by atoms with Crippen molar-refractivity contribution < 1.29 is 8.42 Å². The molecule has 0 heterocycles. The Kier molecular flexibility index (Phi) is 5.56. The molecule has 1 atom stereocenters.